The minimum atomic E-state index is -0.886. The van der Waals surface area contributed by atoms with E-state index in [9.17, 15) is 4.79 Å². The Morgan fingerprint density at radius 1 is 0.889 bits per heavy atom. The van der Waals surface area contributed by atoms with Crippen molar-refractivity contribution in [3.63, 3.8) is 0 Å². The lowest BCUT2D eigenvalue weighted by Gasteiger charge is -2.00. The van der Waals surface area contributed by atoms with Crippen LogP contribution in [0.2, 0.25) is 0 Å². The molecule has 0 fully saturated rings. The Balaban J connectivity index is 3.14. The molecule has 0 saturated carbocycles. The van der Waals surface area contributed by atoms with Crippen LogP contribution in [-0.2, 0) is 4.79 Å². The van der Waals surface area contributed by atoms with Gasteiger partial charge < -0.3 is 5.11 Å². The Kier molecular flexibility index (Phi) is 13.2. The highest BCUT2D eigenvalue weighted by atomic mass is 16.4. The van der Waals surface area contributed by atoms with Crippen LogP contribution in [0.5, 0.6) is 0 Å². The van der Waals surface area contributed by atoms with E-state index in [1.807, 2.05) is 12.2 Å². The first-order valence-electron chi connectivity index (χ1n) is 7.33. The fraction of sp³-hybridized carbons (Fsp3) is 0.688. The Morgan fingerprint density at radius 3 is 2.00 bits per heavy atom. The number of hydrogen-bond donors (Lipinski definition) is 1. The lowest BCUT2D eigenvalue weighted by atomic mass is 10.1. The molecule has 2 nitrogen and oxygen atoms in total. The molecule has 0 atom stereocenters. The summed E-state index contributed by atoms with van der Waals surface area (Å²) in [7, 11) is 0. The van der Waals surface area contributed by atoms with Crippen LogP contribution < -0.4 is 0 Å². The quantitative estimate of drug-likeness (QED) is 0.298. The number of rotatable bonds is 12. The predicted molar refractivity (Wildman–Crippen MR) is 77.8 cm³/mol. The van der Waals surface area contributed by atoms with Crippen LogP contribution in [-0.4, -0.2) is 11.1 Å². The second kappa shape index (κ2) is 14.0. The summed E-state index contributed by atoms with van der Waals surface area (Å²) in [6.07, 6.45) is 19.8. The highest BCUT2D eigenvalue weighted by molar-refractivity contribution is 5.80. The summed E-state index contributed by atoms with van der Waals surface area (Å²) in [5, 5.41) is 8.37. The third kappa shape index (κ3) is 14.9. The number of unbranched alkanes of at least 4 members (excludes halogenated alkanes) is 9. The molecule has 18 heavy (non-hydrogen) atoms. The molecule has 104 valence electrons. The summed E-state index contributed by atoms with van der Waals surface area (Å²) in [5.74, 6) is -0.886. The van der Waals surface area contributed by atoms with Crippen molar-refractivity contribution in [2.45, 2.75) is 71.1 Å². The molecule has 1 N–H and O–H groups in total. The first-order chi connectivity index (χ1) is 8.77. The van der Waals surface area contributed by atoms with Crippen molar-refractivity contribution >= 4 is 5.97 Å². The lowest BCUT2D eigenvalue weighted by molar-refractivity contribution is -0.131. The van der Waals surface area contributed by atoms with E-state index >= 15 is 0 Å². The van der Waals surface area contributed by atoms with Gasteiger partial charge in [0.05, 0.1) is 0 Å². The van der Waals surface area contributed by atoms with Crippen molar-refractivity contribution in [2.24, 2.45) is 0 Å². The lowest BCUT2D eigenvalue weighted by Crippen LogP contribution is -1.84. The van der Waals surface area contributed by atoms with E-state index in [-0.39, 0.29) is 0 Å². The number of carboxylic acids is 1. The third-order valence-corrected chi connectivity index (χ3v) is 2.96. The molecular weight excluding hydrogens is 224 g/mol. The second-order valence-corrected chi connectivity index (χ2v) is 4.74. The largest absolute Gasteiger partial charge is 0.478 e. The summed E-state index contributed by atoms with van der Waals surface area (Å²) in [4.78, 5) is 10.2. The van der Waals surface area contributed by atoms with E-state index < -0.39 is 5.97 Å². The highest BCUT2D eigenvalue weighted by Gasteiger charge is 1.90. The Hall–Kier alpha value is -1.05. The van der Waals surface area contributed by atoms with Crippen molar-refractivity contribution < 1.29 is 9.90 Å². The number of carboxylic acid groups (broad SMARTS) is 1. The van der Waals surface area contributed by atoms with Gasteiger partial charge >= 0.3 is 5.97 Å². The summed E-state index contributed by atoms with van der Waals surface area (Å²) in [5.41, 5.74) is 0. The summed E-state index contributed by atoms with van der Waals surface area (Å²) in [6, 6.07) is 0. The smallest absolute Gasteiger partial charge is 0.328 e. The van der Waals surface area contributed by atoms with Gasteiger partial charge in [0, 0.05) is 6.08 Å². The molecule has 0 aromatic carbocycles. The normalized spacial score (nSPS) is 11.6. The van der Waals surface area contributed by atoms with Crippen molar-refractivity contribution in [3.05, 3.63) is 24.3 Å². The summed E-state index contributed by atoms with van der Waals surface area (Å²) < 4.78 is 0. The van der Waals surface area contributed by atoms with Crippen molar-refractivity contribution in [1.29, 1.82) is 0 Å². The van der Waals surface area contributed by atoms with Crippen LogP contribution in [0, 0.1) is 0 Å². The summed E-state index contributed by atoms with van der Waals surface area (Å²) >= 11 is 0. The van der Waals surface area contributed by atoms with Gasteiger partial charge in [-0.1, -0.05) is 76.5 Å². The molecule has 0 heterocycles. The molecule has 0 aromatic rings. The van der Waals surface area contributed by atoms with E-state index in [0.717, 1.165) is 12.5 Å². The average Bonchev–Trinajstić information content (AvgIpc) is 2.34. The van der Waals surface area contributed by atoms with E-state index in [1.54, 1.807) is 6.08 Å². The molecule has 0 aliphatic carbocycles. The zero-order valence-electron chi connectivity index (χ0n) is 11.7. The van der Waals surface area contributed by atoms with Crippen LogP contribution in [0.25, 0.3) is 0 Å². The maximum atomic E-state index is 10.2. The minimum Gasteiger partial charge on any atom is -0.478 e. The maximum absolute atomic E-state index is 10.2. The average molecular weight is 252 g/mol. The van der Waals surface area contributed by atoms with Crippen LogP contribution in [0.15, 0.2) is 24.3 Å². The zero-order chi connectivity index (χ0) is 13.5. The van der Waals surface area contributed by atoms with E-state index in [1.165, 1.54) is 57.8 Å². The monoisotopic (exact) mass is 252 g/mol. The first-order valence-corrected chi connectivity index (χ1v) is 7.33. The van der Waals surface area contributed by atoms with Gasteiger partial charge in [-0.25, -0.2) is 4.79 Å². The number of allylic oxidation sites excluding steroid dienone is 3. The molecule has 0 amide bonds. The molecule has 2 heteroatoms. The first kappa shape index (κ1) is 16.9. The molecule has 0 radical (unpaired) electrons. The van der Waals surface area contributed by atoms with Crippen molar-refractivity contribution in [2.75, 3.05) is 0 Å². The summed E-state index contributed by atoms with van der Waals surface area (Å²) in [6.45, 7) is 2.25. The van der Waals surface area contributed by atoms with Crippen molar-refractivity contribution in [1.82, 2.24) is 0 Å². The van der Waals surface area contributed by atoms with Gasteiger partial charge in [0.1, 0.15) is 0 Å². The fourth-order valence-electron chi connectivity index (χ4n) is 1.89. The number of aliphatic carboxylic acids is 1. The van der Waals surface area contributed by atoms with Gasteiger partial charge in [-0.3, -0.25) is 0 Å². The third-order valence-electron chi connectivity index (χ3n) is 2.96. The molecule has 0 saturated heterocycles. The SMILES string of the molecule is CCCCCCCCCCCC=C/C=C/C(=O)O. The topological polar surface area (TPSA) is 37.3 Å². The molecule has 0 bridgehead atoms. The Labute approximate surface area is 112 Å². The fourth-order valence-corrected chi connectivity index (χ4v) is 1.89. The molecular formula is C16H28O2. The number of carbonyl (C=O) groups is 1. The number of hydrogen-bond acceptors (Lipinski definition) is 1. The predicted octanol–water partition coefficient (Wildman–Crippen LogP) is 5.10. The van der Waals surface area contributed by atoms with Crippen molar-refractivity contribution in [3.8, 4) is 0 Å². The Bertz CT molecular complexity index is 241. The van der Waals surface area contributed by atoms with Crippen LogP contribution in [0.1, 0.15) is 71.1 Å². The van der Waals surface area contributed by atoms with E-state index in [4.69, 9.17) is 5.11 Å². The molecule has 0 aliphatic heterocycles. The van der Waals surface area contributed by atoms with Gasteiger partial charge in [0.15, 0.2) is 0 Å². The Morgan fingerprint density at radius 2 is 1.44 bits per heavy atom. The molecule has 0 aromatic heterocycles. The molecule has 0 aliphatic rings. The van der Waals surface area contributed by atoms with Crippen LogP contribution >= 0.6 is 0 Å². The maximum Gasteiger partial charge on any atom is 0.328 e. The van der Waals surface area contributed by atoms with Gasteiger partial charge in [-0.2, -0.15) is 0 Å². The van der Waals surface area contributed by atoms with Gasteiger partial charge in [-0.15, -0.1) is 0 Å². The zero-order valence-corrected chi connectivity index (χ0v) is 11.7. The van der Waals surface area contributed by atoms with E-state index in [2.05, 4.69) is 6.92 Å². The molecule has 0 rings (SSSR count). The molecule has 0 spiro atoms. The standard InChI is InChI=1S/C16H28O2/c1-2-3-4-5-6-7-8-9-10-11-12-13-14-15-16(17)18/h12-15H,2-11H2,1H3,(H,17,18)/b13-12?,15-14+. The van der Waals surface area contributed by atoms with E-state index in [0.29, 0.717) is 0 Å². The molecule has 0 unspecified atom stereocenters. The minimum absolute atomic E-state index is 0.886. The van der Waals surface area contributed by atoms with Crippen LogP contribution in [0.3, 0.4) is 0 Å². The highest BCUT2D eigenvalue weighted by Crippen LogP contribution is 2.10. The van der Waals surface area contributed by atoms with Crippen LogP contribution in [0.4, 0.5) is 0 Å². The van der Waals surface area contributed by atoms with Gasteiger partial charge in [0.25, 0.3) is 0 Å². The van der Waals surface area contributed by atoms with Gasteiger partial charge in [-0.05, 0) is 12.8 Å². The second-order valence-electron chi connectivity index (χ2n) is 4.74. The van der Waals surface area contributed by atoms with Gasteiger partial charge in [0.2, 0.25) is 0 Å².